The van der Waals surface area contributed by atoms with Gasteiger partial charge in [0.15, 0.2) is 11.5 Å². The molecular formula is C23H24Br2ClN3O3. The number of hydrogen-bond acceptors (Lipinski definition) is 5. The van der Waals surface area contributed by atoms with Gasteiger partial charge >= 0.3 is 0 Å². The van der Waals surface area contributed by atoms with E-state index in [-0.39, 0.29) is 17.6 Å². The van der Waals surface area contributed by atoms with E-state index in [0.717, 1.165) is 10.9 Å². The summed E-state index contributed by atoms with van der Waals surface area (Å²) in [5.74, 6) is 1.56. The third-order valence-corrected chi connectivity index (χ3v) is 6.86. The van der Waals surface area contributed by atoms with Gasteiger partial charge in [0.1, 0.15) is 10.8 Å². The predicted molar refractivity (Wildman–Crippen MR) is 137 cm³/mol. The molecule has 0 aliphatic carbocycles. The van der Waals surface area contributed by atoms with Crippen molar-refractivity contribution in [3.63, 3.8) is 0 Å². The number of aromatic nitrogens is 2. The maximum atomic E-state index is 13.3. The smallest absolute Gasteiger partial charge is 0.282 e. The van der Waals surface area contributed by atoms with E-state index in [1.807, 2.05) is 39.8 Å². The molecule has 9 heteroatoms. The van der Waals surface area contributed by atoms with Crippen LogP contribution in [-0.4, -0.2) is 29.1 Å². The lowest BCUT2D eigenvalue weighted by Gasteiger charge is -2.17. The lowest BCUT2D eigenvalue weighted by Crippen LogP contribution is -2.23. The van der Waals surface area contributed by atoms with Gasteiger partial charge in [-0.2, -0.15) is 9.78 Å². The standard InChI is InChI=1S/C23H24Br2ClN3O3/c1-6-13(4)22-28-17-8-7-15(24)10-16(17)23(30)29(22)27-11-14-9-18(31-5)21(32-12(2)3)20(26)19(14)25/h7-13H,6H2,1-5H3/t13-/m0/s1. The quantitative estimate of drug-likeness (QED) is 0.287. The highest BCUT2D eigenvalue weighted by Crippen LogP contribution is 2.42. The predicted octanol–water partition coefficient (Wildman–Crippen LogP) is 6.77. The van der Waals surface area contributed by atoms with E-state index >= 15 is 0 Å². The molecule has 0 saturated heterocycles. The molecule has 0 saturated carbocycles. The molecule has 0 fully saturated rings. The minimum absolute atomic E-state index is 0.0382. The van der Waals surface area contributed by atoms with Crippen LogP contribution in [-0.2, 0) is 0 Å². The molecule has 0 N–H and O–H groups in total. The van der Waals surface area contributed by atoms with Crippen LogP contribution in [0.5, 0.6) is 11.5 Å². The number of methoxy groups -OCH3 is 1. The van der Waals surface area contributed by atoms with E-state index in [4.69, 9.17) is 26.1 Å². The molecule has 0 radical (unpaired) electrons. The summed E-state index contributed by atoms with van der Waals surface area (Å²) in [6, 6.07) is 7.21. The Morgan fingerprint density at radius 2 is 1.97 bits per heavy atom. The van der Waals surface area contributed by atoms with Crippen LogP contribution in [0.3, 0.4) is 0 Å². The minimum Gasteiger partial charge on any atom is -0.493 e. The van der Waals surface area contributed by atoms with Crippen LogP contribution in [0.25, 0.3) is 10.9 Å². The first-order valence-electron chi connectivity index (χ1n) is 10.2. The fraction of sp³-hybridized carbons (Fsp3) is 0.348. The zero-order valence-electron chi connectivity index (χ0n) is 18.4. The van der Waals surface area contributed by atoms with Gasteiger partial charge < -0.3 is 9.47 Å². The van der Waals surface area contributed by atoms with Crippen molar-refractivity contribution in [2.45, 2.75) is 46.1 Å². The third-order valence-electron chi connectivity index (χ3n) is 4.93. The molecule has 0 aliphatic heterocycles. The van der Waals surface area contributed by atoms with Crippen molar-refractivity contribution in [1.29, 1.82) is 0 Å². The normalized spacial score (nSPS) is 12.7. The van der Waals surface area contributed by atoms with Crippen LogP contribution in [0.1, 0.15) is 51.4 Å². The Bertz CT molecular complexity index is 1240. The Hall–Kier alpha value is -1.90. The SMILES string of the molecule is CC[C@H](C)c1nc2ccc(Br)cc2c(=O)n1N=Cc1cc(OC)c(OC(C)C)c(Cl)c1Br. The van der Waals surface area contributed by atoms with Gasteiger partial charge in [0, 0.05) is 20.4 Å². The van der Waals surface area contributed by atoms with Crippen molar-refractivity contribution < 1.29 is 9.47 Å². The highest BCUT2D eigenvalue weighted by atomic mass is 79.9. The van der Waals surface area contributed by atoms with Gasteiger partial charge in [0.25, 0.3) is 5.56 Å². The van der Waals surface area contributed by atoms with Crippen LogP contribution in [0.2, 0.25) is 5.02 Å². The molecule has 32 heavy (non-hydrogen) atoms. The van der Waals surface area contributed by atoms with Gasteiger partial charge in [-0.1, -0.05) is 41.4 Å². The summed E-state index contributed by atoms with van der Waals surface area (Å²) in [6.07, 6.45) is 2.30. The van der Waals surface area contributed by atoms with Crippen molar-refractivity contribution in [2.24, 2.45) is 5.10 Å². The van der Waals surface area contributed by atoms with Gasteiger partial charge in [-0.05, 0) is 60.5 Å². The molecule has 1 atom stereocenters. The summed E-state index contributed by atoms with van der Waals surface area (Å²) in [6.45, 7) is 7.89. The van der Waals surface area contributed by atoms with Gasteiger partial charge in [-0.15, -0.1) is 0 Å². The largest absolute Gasteiger partial charge is 0.493 e. The van der Waals surface area contributed by atoms with Crippen LogP contribution >= 0.6 is 43.5 Å². The maximum absolute atomic E-state index is 13.3. The second-order valence-corrected chi connectivity index (χ2v) is 9.68. The minimum atomic E-state index is -0.239. The number of rotatable bonds is 7. The van der Waals surface area contributed by atoms with Crippen molar-refractivity contribution in [2.75, 3.05) is 7.11 Å². The van der Waals surface area contributed by atoms with Crippen LogP contribution in [0.4, 0.5) is 0 Å². The van der Waals surface area contributed by atoms with Crippen molar-refractivity contribution >= 4 is 60.6 Å². The molecule has 170 valence electrons. The highest BCUT2D eigenvalue weighted by Gasteiger charge is 2.19. The summed E-state index contributed by atoms with van der Waals surface area (Å²) >= 11 is 13.5. The second kappa shape index (κ2) is 10.4. The second-order valence-electron chi connectivity index (χ2n) is 7.59. The summed E-state index contributed by atoms with van der Waals surface area (Å²) < 4.78 is 14.0. The number of hydrogen-bond donors (Lipinski definition) is 0. The number of nitrogens with zero attached hydrogens (tertiary/aromatic N) is 3. The molecule has 6 nitrogen and oxygen atoms in total. The van der Waals surface area contributed by atoms with Crippen molar-refractivity contribution in [1.82, 2.24) is 9.66 Å². The third kappa shape index (κ3) is 5.02. The Morgan fingerprint density at radius 3 is 2.59 bits per heavy atom. The molecule has 0 amide bonds. The first kappa shape index (κ1) is 24.7. The van der Waals surface area contributed by atoms with Gasteiger partial charge in [-0.3, -0.25) is 4.79 Å². The Balaban J connectivity index is 2.19. The van der Waals surface area contributed by atoms with E-state index in [1.54, 1.807) is 25.5 Å². The van der Waals surface area contributed by atoms with Crippen LogP contribution < -0.4 is 15.0 Å². The molecule has 2 aromatic carbocycles. The average Bonchev–Trinajstić information content (AvgIpc) is 2.76. The first-order chi connectivity index (χ1) is 15.2. The van der Waals surface area contributed by atoms with E-state index in [9.17, 15) is 4.79 Å². The monoisotopic (exact) mass is 583 g/mol. The van der Waals surface area contributed by atoms with Crippen molar-refractivity contribution in [3.05, 3.63) is 60.0 Å². The summed E-state index contributed by atoms with van der Waals surface area (Å²) in [5, 5.41) is 5.36. The molecule has 1 aromatic heterocycles. The fourth-order valence-corrected chi connectivity index (χ4v) is 4.10. The molecule has 1 heterocycles. The Morgan fingerprint density at radius 1 is 1.25 bits per heavy atom. The zero-order valence-corrected chi connectivity index (χ0v) is 22.4. The first-order valence-corrected chi connectivity index (χ1v) is 12.1. The molecular weight excluding hydrogens is 562 g/mol. The number of benzene rings is 2. The van der Waals surface area contributed by atoms with E-state index in [0.29, 0.717) is 43.3 Å². The number of ether oxygens (including phenoxy) is 2. The van der Waals surface area contributed by atoms with Crippen LogP contribution in [0.15, 0.2) is 43.1 Å². The molecule has 0 aliphatic rings. The lowest BCUT2D eigenvalue weighted by molar-refractivity contribution is 0.230. The lowest BCUT2D eigenvalue weighted by atomic mass is 10.1. The molecule has 0 bridgehead atoms. The summed E-state index contributed by atoms with van der Waals surface area (Å²) in [5.41, 5.74) is 1.04. The Labute approximate surface area is 208 Å². The average molecular weight is 586 g/mol. The molecule has 0 spiro atoms. The molecule has 3 aromatic rings. The summed E-state index contributed by atoms with van der Waals surface area (Å²) in [4.78, 5) is 18.0. The van der Waals surface area contributed by atoms with Crippen molar-refractivity contribution in [3.8, 4) is 11.5 Å². The highest BCUT2D eigenvalue weighted by molar-refractivity contribution is 9.10. The fourth-order valence-electron chi connectivity index (χ4n) is 3.09. The Kier molecular flexibility index (Phi) is 8.01. The maximum Gasteiger partial charge on any atom is 0.282 e. The number of halogens is 3. The van der Waals surface area contributed by atoms with Crippen LogP contribution in [0, 0.1) is 0 Å². The summed E-state index contributed by atoms with van der Waals surface area (Å²) in [7, 11) is 1.55. The van der Waals surface area contributed by atoms with Gasteiger partial charge in [0.2, 0.25) is 0 Å². The molecule has 3 rings (SSSR count). The molecule has 0 unspecified atom stereocenters. The number of fused-ring (bicyclic) bond motifs is 1. The van der Waals surface area contributed by atoms with E-state index in [1.165, 1.54) is 4.68 Å². The zero-order chi connectivity index (χ0) is 23.6. The van der Waals surface area contributed by atoms with Gasteiger partial charge in [0.05, 0.1) is 30.3 Å². The topological polar surface area (TPSA) is 65.7 Å². The van der Waals surface area contributed by atoms with Gasteiger partial charge in [-0.25, -0.2) is 4.98 Å². The van der Waals surface area contributed by atoms with E-state index < -0.39 is 0 Å². The van der Waals surface area contributed by atoms with E-state index in [2.05, 4.69) is 37.0 Å².